The summed E-state index contributed by atoms with van der Waals surface area (Å²) in [7, 11) is 0. The topological polar surface area (TPSA) is 111 Å². The predicted molar refractivity (Wildman–Crippen MR) is 107 cm³/mol. The first-order valence-corrected chi connectivity index (χ1v) is 9.06. The highest BCUT2D eigenvalue weighted by molar-refractivity contribution is 6.01. The first-order chi connectivity index (χ1) is 13.3. The molecule has 2 rings (SSSR count). The highest BCUT2D eigenvalue weighted by Gasteiger charge is 2.25. The van der Waals surface area contributed by atoms with Crippen molar-refractivity contribution in [3.8, 4) is 5.75 Å². The summed E-state index contributed by atoms with van der Waals surface area (Å²) in [5.41, 5.74) is 6.50. The van der Waals surface area contributed by atoms with Crippen molar-refractivity contribution < 1.29 is 19.1 Å². The van der Waals surface area contributed by atoms with E-state index in [9.17, 15) is 14.4 Å². The molecule has 3 amide bonds. The maximum atomic E-state index is 12.6. The lowest BCUT2D eigenvalue weighted by molar-refractivity contribution is -0.118. The first kappa shape index (κ1) is 21.0. The Labute approximate surface area is 164 Å². The van der Waals surface area contributed by atoms with Crippen molar-refractivity contribution >= 4 is 23.4 Å². The summed E-state index contributed by atoms with van der Waals surface area (Å²) < 4.78 is 5.36. The van der Waals surface area contributed by atoms with Gasteiger partial charge < -0.3 is 21.1 Å². The summed E-state index contributed by atoms with van der Waals surface area (Å²) in [6, 6.07) is 12.2. The lowest BCUT2D eigenvalue weighted by Crippen LogP contribution is -2.47. The number of nitrogens with two attached hydrogens (primary N) is 1. The van der Waals surface area contributed by atoms with Crippen LogP contribution in [0.15, 0.2) is 48.5 Å². The molecule has 0 saturated carbocycles. The van der Waals surface area contributed by atoms with Gasteiger partial charge in [0.1, 0.15) is 11.8 Å². The lowest BCUT2D eigenvalue weighted by atomic mass is 10.0. The number of carbonyl (C=O) groups is 3. The molecule has 0 aliphatic rings. The maximum absolute atomic E-state index is 12.6. The minimum Gasteiger partial charge on any atom is -0.494 e. The van der Waals surface area contributed by atoms with E-state index in [-0.39, 0.29) is 17.7 Å². The van der Waals surface area contributed by atoms with E-state index in [1.54, 1.807) is 36.4 Å². The Hall–Kier alpha value is -3.35. The zero-order valence-electron chi connectivity index (χ0n) is 16.2. The van der Waals surface area contributed by atoms with Crippen LogP contribution in [-0.4, -0.2) is 30.4 Å². The fourth-order valence-corrected chi connectivity index (χ4v) is 2.57. The molecule has 2 aromatic rings. The number of carbonyl (C=O) groups excluding carboxylic acids is 3. The maximum Gasteiger partial charge on any atom is 0.251 e. The molecule has 4 N–H and O–H groups in total. The second kappa shape index (κ2) is 9.55. The number of ether oxygens (including phenoxy) is 1. The van der Waals surface area contributed by atoms with Crippen LogP contribution in [0.4, 0.5) is 5.69 Å². The van der Waals surface area contributed by atoms with Gasteiger partial charge in [0.25, 0.3) is 5.91 Å². The number of amides is 3. The quantitative estimate of drug-likeness (QED) is 0.650. The van der Waals surface area contributed by atoms with E-state index in [2.05, 4.69) is 10.6 Å². The third kappa shape index (κ3) is 5.57. The Morgan fingerprint density at radius 3 is 2.04 bits per heavy atom. The van der Waals surface area contributed by atoms with Gasteiger partial charge in [0.15, 0.2) is 0 Å². The fraction of sp³-hybridized carbons (Fsp3) is 0.286. The SMILES string of the molecule is CCOc1ccc(C(=O)NC(C(=O)Nc2ccc(C(N)=O)cc2)C(C)C)cc1. The predicted octanol–water partition coefficient (Wildman–Crippen LogP) is 2.58. The minimum absolute atomic E-state index is 0.128. The molecule has 0 fully saturated rings. The molecule has 0 radical (unpaired) electrons. The van der Waals surface area contributed by atoms with Gasteiger partial charge in [-0.1, -0.05) is 13.8 Å². The molecular formula is C21H25N3O4. The standard InChI is InChI=1S/C21H25N3O4/c1-4-28-17-11-7-15(8-12-17)20(26)24-18(13(2)3)21(27)23-16-9-5-14(6-10-16)19(22)25/h5-13,18H,4H2,1-3H3,(H2,22,25)(H,23,27)(H,24,26). The summed E-state index contributed by atoms with van der Waals surface area (Å²) in [5.74, 6) is -0.684. The van der Waals surface area contributed by atoms with E-state index in [1.807, 2.05) is 20.8 Å². The van der Waals surface area contributed by atoms with Crippen LogP contribution in [0.2, 0.25) is 0 Å². The van der Waals surface area contributed by atoms with E-state index >= 15 is 0 Å². The molecule has 7 heteroatoms. The van der Waals surface area contributed by atoms with Gasteiger partial charge in [0.2, 0.25) is 11.8 Å². The largest absolute Gasteiger partial charge is 0.494 e. The van der Waals surface area contributed by atoms with Crippen LogP contribution in [0.3, 0.4) is 0 Å². The smallest absolute Gasteiger partial charge is 0.251 e. The number of benzene rings is 2. The van der Waals surface area contributed by atoms with E-state index < -0.39 is 11.9 Å². The monoisotopic (exact) mass is 383 g/mol. The van der Waals surface area contributed by atoms with Gasteiger partial charge in [-0.3, -0.25) is 14.4 Å². The molecule has 0 spiro atoms. The Balaban J connectivity index is 2.05. The van der Waals surface area contributed by atoms with Gasteiger partial charge in [-0.05, 0) is 61.4 Å². The van der Waals surface area contributed by atoms with Crippen molar-refractivity contribution in [2.24, 2.45) is 11.7 Å². The van der Waals surface area contributed by atoms with Crippen LogP contribution in [0.1, 0.15) is 41.5 Å². The Kier molecular flexibility index (Phi) is 7.14. The van der Waals surface area contributed by atoms with E-state index in [4.69, 9.17) is 10.5 Å². The number of primary amides is 1. The Morgan fingerprint density at radius 2 is 1.54 bits per heavy atom. The molecule has 1 atom stereocenters. The lowest BCUT2D eigenvalue weighted by Gasteiger charge is -2.22. The van der Waals surface area contributed by atoms with Gasteiger partial charge in [-0.2, -0.15) is 0 Å². The molecule has 0 aliphatic heterocycles. The average molecular weight is 383 g/mol. The number of hydrogen-bond donors (Lipinski definition) is 3. The van der Waals surface area contributed by atoms with Crippen LogP contribution in [-0.2, 0) is 4.79 Å². The van der Waals surface area contributed by atoms with Gasteiger partial charge in [0.05, 0.1) is 6.61 Å². The summed E-state index contributed by atoms with van der Waals surface area (Å²) >= 11 is 0. The molecule has 7 nitrogen and oxygen atoms in total. The molecule has 0 aliphatic carbocycles. The zero-order chi connectivity index (χ0) is 20.7. The summed E-state index contributed by atoms with van der Waals surface area (Å²) in [4.78, 5) is 36.3. The molecule has 28 heavy (non-hydrogen) atoms. The van der Waals surface area contributed by atoms with Gasteiger partial charge >= 0.3 is 0 Å². The van der Waals surface area contributed by atoms with Crippen molar-refractivity contribution in [2.75, 3.05) is 11.9 Å². The first-order valence-electron chi connectivity index (χ1n) is 9.06. The van der Waals surface area contributed by atoms with Crippen LogP contribution >= 0.6 is 0 Å². The van der Waals surface area contributed by atoms with Crippen LogP contribution in [0, 0.1) is 5.92 Å². The molecule has 0 bridgehead atoms. The number of anilines is 1. The molecule has 148 valence electrons. The van der Waals surface area contributed by atoms with Gasteiger partial charge in [-0.15, -0.1) is 0 Å². The minimum atomic E-state index is -0.727. The molecule has 2 aromatic carbocycles. The number of rotatable bonds is 8. The van der Waals surface area contributed by atoms with E-state index in [0.717, 1.165) is 0 Å². The summed E-state index contributed by atoms with van der Waals surface area (Å²) in [6.45, 7) is 6.12. The second-order valence-electron chi connectivity index (χ2n) is 6.58. The van der Waals surface area contributed by atoms with Gasteiger partial charge in [0, 0.05) is 16.8 Å². The number of hydrogen-bond acceptors (Lipinski definition) is 4. The van der Waals surface area contributed by atoms with Crippen molar-refractivity contribution in [2.45, 2.75) is 26.8 Å². The van der Waals surface area contributed by atoms with E-state index in [0.29, 0.717) is 29.2 Å². The molecule has 0 heterocycles. The van der Waals surface area contributed by atoms with Gasteiger partial charge in [-0.25, -0.2) is 0 Å². The summed E-state index contributed by atoms with van der Waals surface area (Å²) in [5, 5.41) is 5.51. The fourth-order valence-electron chi connectivity index (χ4n) is 2.57. The Bertz CT molecular complexity index is 830. The van der Waals surface area contributed by atoms with Crippen LogP contribution < -0.4 is 21.1 Å². The zero-order valence-corrected chi connectivity index (χ0v) is 16.2. The highest BCUT2D eigenvalue weighted by atomic mass is 16.5. The molecule has 1 unspecified atom stereocenters. The van der Waals surface area contributed by atoms with Crippen molar-refractivity contribution in [3.63, 3.8) is 0 Å². The molecule has 0 saturated heterocycles. The summed E-state index contributed by atoms with van der Waals surface area (Å²) in [6.07, 6.45) is 0. The van der Waals surface area contributed by atoms with Crippen molar-refractivity contribution in [1.82, 2.24) is 5.32 Å². The Morgan fingerprint density at radius 1 is 0.964 bits per heavy atom. The molecular weight excluding hydrogens is 358 g/mol. The van der Waals surface area contributed by atoms with Crippen LogP contribution in [0.5, 0.6) is 5.75 Å². The number of nitrogens with one attached hydrogen (secondary N) is 2. The normalized spacial score (nSPS) is 11.6. The average Bonchev–Trinajstić information content (AvgIpc) is 2.66. The highest BCUT2D eigenvalue weighted by Crippen LogP contribution is 2.14. The van der Waals surface area contributed by atoms with Crippen LogP contribution in [0.25, 0.3) is 0 Å². The third-order valence-corrected chi connectivity index (χ3v) is 4.10. The molecule has 0 aromatic heterocycles. The third-order valence-electron chi connectivity index (χ3n) is 4.10. The van der Waals surface area contributed by atoms with Crippen molar-refractivity contribution in [1.29, 1.82) is 0 Å². The second-order valence-corrected chi connectivity index (χ2v) is 6.58. The van der Waals surface area contributed by atoms with E-state index in [1.165, 1.54) is 12.1 Å². The van der Waals surface area contributed by atoms with Crippen molar-refractivity contribution in [3.05, 3.63) is 59.7 Å².